The summed E-state index contributed by atoms with van der Waals surface area (Å²) >= 11 is 0. The minimum Gasteiger partial charge on any atom is -0.382 e. The Hall–Kier alpha value is 0.270. The second kappa shape index (κ2) is 6.75. The second-order valence-corrected chi connectivity index (χ2v) is 8.34. The van der Waals surface area contributed by atoms with Gasteiger partial charge in [0.25, 0.3) is 0 Å². The molecular formula is C9H22O2S. The van der Waals surface area contributed by atoms with E-state index >= 15 is 0 Å². The lowest BCUT2D eigenvalue weighted by atomic mass is 10.5. The van der Waals surface area contributed by atoms with Gasteiger partial charge in [-0.2, -0.15) is 0 Å². The van der Waals surface area contributed by atoms with E-state index in [1.165, 1.54) is 12.2 Å². The zero-order valence-corrected chi connectivity index (χ0v) is 9.58. The Morgan fingerprint density at radius 3 is 2.17 bits per heavy atom. The summed E-state index contributed by atoms with van der Waals surface area (Å²) in [6, 6.07) is 0. The van der Waals surface area contributed by atoms with E-state index in [0.717, 1.165) is 13.2 Å². The molecule has 0 atom stereocenters. The van der Waals surface area contributed by atoms with Gasteiger partial charge >= 0.3 is 0 Å². The van der Waals surface area contributed by atoms with Crippen LogP contribution >= 0.6 is 10.0 Å². The molecular weight excluding hydrogens is 172 g/mol. The van der Waals surface area contributed by atoms with E-state index in [0.29, 0.717) is 6.61 Å². The molecule has 0 bridgehead atoms. The molecule has 2 nitrogen and oxygen atoms in total. The van der Waals surface area contributed by atoms with E-state index in [2.05, 4.69) is 18.8 Å². The second-order valence-electron chi connectivity index (χ2n) is 3.75. The zero-order valence-electron chi connectivity index (χ0n) is 8.76. The zero-order chi connectivity index (χ0) is 9.45. The molecule has 0 saturated heterocycles. The van der Waals surface area contributed by atoms with Gasteiger partial charge in [0.15, 0.2) is 0 Å². The number of hydrogen-bond donors (Lipinski definition) is 0. The fourth-order valence-electron chi connectivity index (χ4n) is 0.838. The molecule has 76 valence electrons. The average molecular weight is 194 g/mol. The predicted octanol–water partition coefficient (Wildman–Crippen LogP) is 1.73. The molecule has 0 aliphatic heterocycles. The van der Waals surface area contributed by atoms with E-state index < -0.39 is 0 Å². The summed E-state index contributed by atoms with van der Waals surface area (Å²) in [6.07, 6.45) is 8.19. The molecule has 0 fully saturated rings. The van der Waals surface area contributed by atoms with E-state index in [1.807, 2.05) is 0 Å². The Bertz CT molecular complexity index is 99.2. The summed E-state index contributed by atoms with van der Waals surface area (Å²) in [5.74, 6) is 1.31. The summed E-state index contributed by atoms with van der Waals surface area (Å²) in [6.45, 7) is 2.33. The molecule has 0 N–H and O–H groups in total. The van der Waals surface area contributed by atoms with Crippen molar-refractivity contribution in [3.05, 3.63) is 0 Å². The van der Waals surface area contributed by atoms with Gasteiger partial charge in [-0.25, -0.2) is 10.0 Å². The first-order valence-electron chi connectivity index (χ1n) is 4.29. The molecule has 12 heavy (non-hydrogen) atoms. The minimum atomic E-state index is -0.328. The summed E-state index contributed by atoms with van der Waals surface area (Å²) in [7, 11) is 1.37. The SMILES string of the molecule is COCCOCCCS(C)(C)C. The van der Waals surface area contributed by atoms with E-state index in [1.54, 1.807) is 7.11 Å². The van der Waals surface area contributed by atoms with Crippen molar-refractivity contribution in [3.8, 4) is 0 Å². The highest BCUT2D eigenvalue weighted by Crippen LogP contribution is 2.34. The van der Waals surface area contributed by atoms with Gasteiger partial charge in [0, 0.05) is 13.7 Å². The molecule has 0 aliphatic carbocycles. The van der Waals surface area contributed by atoms with Crippen molar-refractivity contribution in [3.63, 3.8) is 0 Å². The summed E-state index contributed by atoms with van der Waals surface area (Å²) in [5, 5.41) is 0. The highest BCUT2D eigenvalue weighted by atomic mass is 32.3. The van der Waals surface area contributed by atoms with Gasteiger partial charge in [-0.05, 0) is 30.9 Å². The Morgan fingerprint density at radius 2 is 1.67 bits per heavy atom. The van der Waals surface area contributed by atoms with E-state index in [9.17, 15) is 0 Å². The van der Waals surface area contributed by atoms with Gasteiger partial charge in [0.05, 0.1) is 13.2 Å². The monoisotopic (exact) mass is 194 g/mol. The molecule has 0 rings (SSSR count). The molecule has 0 saturated carbocycles. The number of rotatable bonds is 7. The molecule has 0 spiro atoms. The fraction of sp³-hybridized carbons (Fsp3) is 1.00. The van der Waals surface area contributed by atoms with Crippen molar-refractivity contribution in [2.24, 2.45) is 0 Å². The van der Waals surface area contributed by atoms with Crippen LogP contribution in [0, 0.1) is 0 Å². The smallest absolute Gasteiger partial charge is 0.0700 e. The van der Waals surface area contributed by atoms with Crippen LogP contribution in [0.1, 0.15) is 6.42 Å². The molecule has 0 heterocycles. The minimum absolute atomic E-state index is 0.328. The van der Waals surface area contributed by atoms with Crippen molar-refractivity contribution in [1.82, 2.24) is 0 Å². The predicted molar refractivity (Wildman–Crippen MR) is 57.5 cm³/mol. The summed E-state index contributed by atoms with van der Waals surface area (Å²) < 4.78 is 10.2. The third-order valence-corrected chi connectivity index (χ3v) is 2.99. The molecule has 0 aromatic heterocycles. The van der Waals surface area contributed by atoms with Crippen LogP contribution < -0.4 is 0 Å². The van der Waals surface area contributed by atoms with Crippen LogP contribution in [0.2, 0.25) is 0 Å². The quantitative estimate of drug-likeness (QED) is 0.575. The molecule has 0 radical (unpaired) electrons. The fourth-order valence-corrected chi connectivity index (χ4v) is 1.82. The Kier molecular flexibility index (Phi) is 6.90. The largest absolute Gasteiger partial charge is 0.382 e. The maximum Gasteiger partial charge on any atom is 0.0700 e. The molecule has 0 aromatic rings. The van der Waals surface area contributed by atoms with Crippen molar-refractivity contribution in [2.45, 2.75) is 6.42 Å². The highest BCUT2D eigenvalue weighted by Gasteiger charge is 2.02. The van der Waals surface area contributed by atoms with Gasteiger partial charge in [-0.15, -0.1) is 0 Å². The number of ether oxygens (including phenoxy) is 2. The first-order chi connectivity index (χ1) is 5.56. The van der Waals surface area contributed by atoms with Crippen LogP contribution in [-0.4, -0.2) is 51.5 Å². The maximum atomic E-state index is 5.36. The number of methoxy groups -OCH3 is 1. The van der Waals surface area contributed by atoms with E-state index in [4.69, 9.17) is 9.47 Å². The van der Waals surface area contributed by atoms with Gasteiger partial charge in [0.2, 0.25) is 0 Å². The van der Waals surface area contributed by atoms with Gasteiger partial charge in [-0.1, -0.05) is 0 Å². The van der Waals surface area contributed by atoms with Crippen molar-refractivity contribution >= 4 is 10.0 Å². The van der Waals surface area contributed by atoms with Crippen molar-refractivity contribution in [2.75, 3.05) is 51.5 Å². The van der Waals surface area contributed by atoms with Crippen molar-refractivity contribution in [1.29, 1.82) is 0 Å². The lowest BCUT2D eigenvalue weighted by molar-refractivity contribution is 0.0713. The van der Waals surface area contributed by atoms with Crippen LogP contribution in [0.5, 0.6) is 0 Å². The molecule has 0 aromatic carbocycles. The third kappa shape index (κ3) is 10.3. The van der Waals surface area contributed by atoms with Gasteiger partial charge < -0.3 is 9.47 Å². The molecule has 0 aliphatic rings. The first kappa shape index (κ1) is 12.3. The lowest BCUT2D eigenvalue weighted by Gasteiger charge is -2.24. The third-order valence-electron chi connectivity index (χ3n) is 1.48. The lowest BCUT2D eigenvalue weighted by Crippen LogP contribution is -2.06. The molecule has 3 heteroatoms. The van der Waals surface area contributed by atoms with Crippen LogP contribution in [0.15, 0.2) is 0 Å². The standard InChI is InChI=1S/C9H22O2S/c1-10-7-8-11-6-5-9-12(2,3)4/h5-9H2,1-4H3. The Morgan fingerprint density at radius 1 is 1.00 bits per heavy atom. The van der Waals surface area contributed by atoms with Crippen LogP contribution in [0.25, 0.3) is 0 Å². The topological polar surface area (TPSA) is 18.5 Å². The summed E-state index contributed by atoms with van der Waals surface area (Å²) in [5.41, 5.74) is 0. The Balaban J connectivity index is 3.01. The van der Waals surface area contributed by atoms with Crippen LogP contribution in [0.3, 0.4) is 0 Å². The van der Waals surface area contributed by atoms with Crippen LogP contribution in [0.4, 0.5) is 0 Å². The normalized spacial score (nSPS) is 13.3. The molecule has 0 unspecified atom stereocenters. The van der Waals surface area contributed by atoms with E-state index in [-0.39, 0.29) is 10.0 Å². The maximum absolute atomic E-state index is 5.36. The van der Waals surface area contributed by atoms with Crippen molar-refractivity contribution < 1.29 is 9.47 Å². The average Bonchev–Trinajstić information content (AvgIpc) is 1.94. The van der Waals surface area contributed by atoms with Gasteiger partial charge in [-0.3, -0.25) is 0 Å². The highest BCUT2D eigenvalue weighted by molar-refractivity contribution is 8.32. The van der Waals surface area contributed by atoms with Gasteiger partial charge in [0.1, 0.15) is 0 Å². The Labute approximate surface area is 77.9 Å². The first-order valence-corrected chi connectivity index (χ1v) is 7.31. The number of hydrogen-bond acceptors (Lipinski definition) is 2. The van der Waals surface area contributed by atoms with Crippen LogP contribution in [-0.2, 0) is 9.47 Å². The molecule has 0 amide bonds. The summed E-state index contributed by atoms with van der Waals surface area (Å²) in [4.78, 5) is 0.